The molecule has 0 atom stereocenters. The maximum atomic E-state index is 12.5. The number of amides is 1. The third kappa shape index (κ3) is 4.55. The van der Waals surface area contributed by atoms with E-state index in [4.69, 9.17) is 23.5 Å². The van der Waals surface area contributed by atoms with Crippen molar-refractivity contribution in [2.24, 2.45) is 0 Å². The number of methoxy groups -OCH3 is 2. The summed E-state index contributed by atoms with van der Waals surface area (Å²) in [5.41, 5.74) is 1.70. The third-order valence-corrected chi connectivity index (χ3v) is 4.95. The van der Waals surface area contributed by atoms with E-state index in [9.17, 15) is 4.79 Å². The molecule has 0 radical (unpaired) electrons. The topological polar surface area (TPSA) is 96.2 Å². The van der Waals surface area contributed by atoms with Crippen LogP contribution in [0.2, 0.25) is 0 Å². The van der Waals surface area contributed by atoms with Crippen LogP contribution in [0.4, 0.5) is 0 Å². The zero-order valence-corrected chi connectivity index (χ0v) is 17.6. The Hall–Kier alpha value is -3.75. The highest BCUT2D eigenvalue weighted by atomic mass is 16.7. The van der Waals surface area contributed by atoms with E-state index in [1.165, 1.54) is 0 Å². The monoisotopic (exact) mass is 425 g/mol. The van der Waals surface area contributed by atoms with Crippen molar-refractivity contribution < 1.29 is 28.3 Å². The number of carbonyl (C=O) groups is 1. The SMILES string of the molecule is COc1ccc(-c2noc(CCC(=O)N(C)Cc3ccc4c(c3)OCO4)n2)cc1OC. The average molecular weight is 425 g/mol. The highest BCUT2D eigenvalue weighted by Gasteiger charge is 2.17. The molecule has 0 N–H and O–H groups in total. The van der Waals surface area contributed by atoms with Crippen LogP contribution in [-0.4, -0.2) is 49.0 Å². The molecule has 0 spiro atoms. The predicted molar refractivity (Wildman–Crippen MR) is 110 cm³/mol. The fraction of sp³-hybridized carbons (Fsp3) is 0.318. The third-order valence-electron chi connectivity index (χ3n) is 4.95. The second kappa shape index (κ2) is 8.95. The Kier molecular flexibility index (Phi) is 5.92. The van der Waals surface area contributed by atoms with Crippen molar-refractivity contribution in [3.63, 3.8) is 0 Å². The minimum atomic E-state index is -0.0245. The van der Waals surface area contributed by atoms with Gasteiger partial charge in [-0.05, 0) is 35.9 Å². The van der Waals surface area contributed by atoms with Crippen molar-refractivity contribution in [1.82, 2.24) is 15.0 Å². The normalized spacial score (nSPS) is 12.0. The van der Waals surface area contributed by atoms with E-state index in [1.54, 1.807) is 38.3 Å². The molecule has 4 rings (SSSR count). The van der Waals surface area contributed by atoms with E-state index in [1.807, 2.05) is 24.3 Å². The maximum absolute atomic E-state index is 12.5. The molecule has 1 aliphatic heterocycles. The van der Waals surface area contributed by atoms with Crippen LogP contribution in [0.5, 0.6) is 23.0 Å². The molecule has 31 heavy (non-hydrogen) atoms. The fourth-order valence-electron chi connectivity index (χ4n) is 3.26. The maximum Gasteiger partial charge on any atom is 0.231 e. The molecule has 1 amide bonds. The van der Waals surface area contributed by atoms with Crippen molar-refractivity contribution >= 4 is 5.91 Å². The number of carbonyl (C=O) groups excluding carboxylic acids is 1. The van der Waals surface area contributed by atoms with Gasteiger partial charge in [0.2, 0.25) is 24.4 Å². The summed E-state index contributed by atoms with van der Waals surface area (Å²) in [5.74, 6) is 3.42. The van der Waals surface area contributed by atoms with Crippen LogP contribution in [0, 0.1) is 0 Å². The quantitative estimate of drug-likeness (QED) is 0.543. The van der Waals surface area contributed by atoms with E-state index < -0.39 is 0 Å². The van der Waals surface area contributed by atoms with E-state index in [0.29, 0.717) is 41.9 Å². The number of fused-ring (bicyclic) bond motifs is 1. The zero-order chi connectivity index (χ0) is 21.8. The van der Waals surface area contributed by atoms with Gasteiger partial charge in [0.05, 0.1) is 14.2 Å². The molecule has 0 bridgehead atoms. The molecular weight excluding hydrogens is 402 g/mol. The number of hydrogen-bond donors (Lipinski definition) is 0. The van der Waals surface area contributed by atoms with Crippen molar-refractivity contribution in [2.75, 3.05) is 28.1 Å². The number of aryl methyl sites for hydroxylation is 1. The molecule has 0 saturated heterocycles. The molecular formula is C22H23N3O6. The first-order chi connectivity index (χ1) is 15.1. The van der Waals surface area contributed by atoms with E-state index >= 15 is 0 Å². The summed E-state index contributed by atoms with van der Waals surface area (Å²) in [6.45, 7) is 0.694. The van der Waals surface area contributed by atoms with Crippen LogP contribution in [-0.2, 0) is 17.8 Å². The van der Waals surface area contributed by atoms with Crippen molar-refractivity contribution in [2.45, 2.75) is 19.4 Å². The van der Waals surface area contributed by atoms with Crippen LogP contribution in [0.1, 0.15) is 17.9 Å². The van der Waals surface area contributed by atoms with Crippen molar-refractivity contribution in [3.8, 4) is 34.4 Å². The molecule has 2 heterocycles. The Bertz CT molecular complexity index is 1080. The van der Waals surface area contributed by atoms with Gasteiger partial charge in [0.1, 0.15) is 0 Å². The average Bonchev–Trinajstić information content (AvgIpc) is 3.46. The minimum Gasteiger partial charge on any atom is -0.493 e. The standard InChI is InChI=1S/C22H23N3O6/c1-25(12-14-4-6-17-19(10-14)30-13-29-17)21(26)9-8-20-23-22(24-31-20)15-5-7-16(27-2)18(11-15)28-3/h4-7,10-11H,8-9,12-13H2,1-3H3. The lowest BCUT2D eigenvalue weighted by Crippen LogP contribution is -2.26. The summed E-state index contributed by atoms with van der Waals surface area (Å²) in [6.07, 6.45) is 0.610. The van der Waals surface area contributed by atoms with Gasteiger partial charge in [-0.15, -0.1) is 0 Å². The molecule has 9 nitrogen and oxygen atoms in total. The van der Waals surface area contributed by atoms with Crippen molar-refractivity contribution in [1.29, 1.82) is 0 Å². The lowest BCUT2D eigenvalue weighted by molar-refractivity contribution is -0.130. The molecule has 0 unspecified atom stereocenters. The summed E-state index contributed by atoms with van der Waals surface area (Å²) in [4.78, 5) is 18.6. The van der Waals surface area contributed by atoms with Gasteiger partial charge in [-0.2, -0.15) is 4.98 Å². The molecule has 162 valence electrons. The summed E-state index contributed by atoms with van der Waals surface area (Å²) < 4.78 is 26.6. The highest BCUT2D eigenvalue weighted by molar-refractivity contribution is 5.76. The molecule has 1 aliphatic rings. The van der Waals surface area contributed by atoms with E-state index in [2.05, 4.69) is 10.1 Å². The lowest BCUT2D eigenvalue weighted by atomic mass is 10.2. The van der Waals surface area contributed by atoms with Crippen LogP contribution >= 0.6 is 0 Å². The molecule has 2 aromatic carbocycles. The van der Waals surface area contributed by atoms with Crippen molar-refractivity contribution in [3.05, 3.63) is 47.9 Å². The Morgan fingerprint density at radius 1 is 1.06 bits per heavy atom. The number of benzene rings is 2. The second-order valence-electron chi connectivity index (χ2n) is 7.02. The molecule has 0 fully saturated rings. The number of rotatable bonds is 8. The number of hydrogen-bond acceptors (Lipinski definition) is 8. The highest BCUT2D eigenvalue weighted by Crippen LogP contribution is 2.33. The molecule has 9 heteroatoms. The van der Waals surface area contributed by atoms with Crippen LogP contribution in [0.25, 0.3) is 11.4 Å². The summed E-state index contributed by atoms with van der Waals surface area (Å²) in [6, 6.07) is 11.0. The predicted octanol–water partition coefficient (Wildman–Crippen LogP) is 3.07. The van der Waals surface area contributed by atoms with E-state index in [0.717, 1.165) is 16.9 Å². The number of ether oxygens (including phenoxy) is 4. The van der Waals surface area contributed by atoms with Crippen LogP contribution < -0.4 is 18.9 Å². The zero-order valence-electron chi connectivity index (χ0n) is 17.6. The van der Waals surface area contributed by atoms with E-state index in [-0.39, 0.29) is 19.1 Å². The largest absolute Gasteiger partial charge is 0.493 e. The van der Waals surface area contributed by atoms with Gasteiger partial charge in [0.25, 0.3) is 0 Å². The van der Waals surface area contributed by atoms with Gasteiger partial charge < -0.3 is 28.4 Å². The first kappa shape index (κ1) is 20.5. The number of aromatic nitrogens is 2. The second-order valence-corrected chi connectivity index (χ2v) is 7.02. The molecule has 3 aromatic rings. The Morgan fingerprint density at radius 3 is 2.68 bits per heavy atom. The van der Waals surface area contributed by atoms with Crippen LogP contribution in [0.15, 0.2) is 40.9 Å². The Labute approximate surface area is 179 Å². The first-order valence-electron chi connectivity index (χ1n) is 9.75. The smallest absolute Gasteiger partial charge is 0.231 e. The Balaban J connectivity index is 1.34. The summed E-state index contributed by atoms with van der Waals surface area (Å²) in [7, 11) is 4.90. The summed E-state index contributed by atoms with van der Waals surface area (Å²) >= 11 is 0. The molecule has 1 aromatic heterocycles. The van der Waals surface area contributed by atoms with Gasteiger partial charge in [0, 0.05) is 32.0 Å². The summed E-state index contributed by atoms with van der Waals surface area (Å²) in [5, 5.41) is 4.01. The van der Waals surface area contributed by atoms with Crippen LogP contribution in [0.3, 0.4) is 0 Å². The van der Waals surface area contributed by atoms with Gasteiger partial charge >= 0.3 is 0 Å². The van der Waals surface area contributed by atoms with Gasteiger partial charge in [-0.1, -0.05) is 11.2 Å². The lowest BCUT2D eigenvalue weighted by Gasteiger charge is -2.17. The fourth-order valence-corrected chi connectivity index (χ4v) is 3.26. The van der Waals surface area contributed by atoms with Gasteiger partial charge in [0.15, 0.2) is 23.0 Å². The van der Waals surface area contributed by atoms with Gasteiger partial charge in [-0.3, -0.25) is 4.79 Å². The first-order valence-corrected chi connectivity index (χ1v) is 9.75. The minimum absolute atomic E-state index is 0.0245. The Morgan fingerprint density at radius 2 is 1.87 bits per heavy atom. The van der Waals surface area contributed by atoms with Gasteiger partial charge in [-0.25, -0.2) is 0 Å². The molecule has 0 aliphatic carbocycles. The number of nitrogens with zero attached hydrogens (tertiary/aromatic N) is 3. The molecule has 0 saturated carbocycles.